The van der Waals surface area contributed by atoms with E-state index < -0.39 is 10.8 Å². The van der Waals surface area contributed by atoms with Crippen LogP contribution < -0.4 is 15.5 Å². The molecule has 0 bridgehead atoms. The zero-order valence-electron chi connectivity index (χ0n) is 13.5. The van der Waals surface area contributed by atoms with Gasteiger partial charge in [-0.15, -0.1) is 0 Å². The number of nitrogens with one attached hydrogen (secondary N) is 2. The molecular weight excluding hydrogens is 317 g/mol. The fraction of sp³-hybridized carbons (Fsp3) is 0.562. The number of hydrogen-bond donors (Lipinski definition) is 2. The topological polar surface area (TPSA) is 61.4 Å². The molecule has 0 unspecified atom stereocenters. The third-order valence-corrected chi connectivity index (χ3v) is 5.37. The van der Waals surface area contributed by atoms with Crippen molar-refractivity contribution in [3.8, 4) is 0 Å². The number of para-hydroxylation sites is 1. The number of benzene rings is 1. The van der Waals surface area contributed by atoms with Gasteiger partial charge in [0.15, 0.2) is 0 Å². The van der Waals surface area contributed by atoms with E-state index >= 15 is 0 Å². The maximum atomic E-state index is 13.9. The number of carbonyl (C=O) groups is 1. The summed E-state index contributed by atoms with van der Waals surface area (Å²) in [6.07, 6.45) is 3.39. The summed E-state index contributed by atoms with van der Waals surface area (Å²) in [5.41, 5.74) is 0.578. The van der Waals surface area contributed by atoms with Gasteiger partial charge < -0.3 is 15.5 Å². The number of rotatable bonds is 5. The minimum absolute atomic E-state index is 0.0224. The Bertz CT molecular complexity index is 570. The Labute approximate surface area is 139 Å². The van der Waals surface area contributed by atoms with Gasteiger partial charge in [0.2, 0.25) is 0 Å². The van der Waals surface area contributed by atoms with Crippen molar-refractivity contribution in [2.45, 2.75) is 31.1 Å². The monoisotopic (exact) mass is 341 g/mol. The molecule has 0 aromatic heterocycles. The fourth-order valence-electron chi connectivity index (χ4n) is 2.61. The van der Waals surface area contributed by atoms with Crippen molar-refractivity contribution in [2.75, 3.05) is 30.8 Å². The Hall–Kier alpha value is -1.63. The Morgan fingerprint density at radius 3 is 2.91 bits per heavy atom. The molecule has 1 fully saturated rings. The van der Waals surface area contributed by atoms with E-state index in [1.54, 1.807) is 18.4 Å². The van der Waals surface area contributed by atoms with Crippen LogP contribution >= 0.6 is 0 Å². The van der Waals surface area contributed by atoms with E-state index in [4.69, 9.17) is 0 Å². The molecule has 0 saturated carbocycles. The number of hydrogen-bond acceptors (Lipinski definition) is 3. The first-order valence-electron chi connectivity index (χ1n) is 7.83. The molecular formula is C16H24FN3O2S. The van der Waals surface area contributed by atoms with Gasteiger partial charge in [-0.3, -0.25) is 4.21 Å². The predicted molar refractivity (Wildman–Crippen MR) is 91.7 cm³/mol. The van der Waals surface area contributed by atoms with Crippen LogP contribution in [0.1, 0.15) is 19.8 Å². The lowest BCUT2D eigenvalue weighted by Gasteiger charge is -2.35. The van der Waals surface area contributed by atoms with E-state index in [2.05, 4.69) is 10.6 Å². The summed E-state index contributed by atoms with van der Waals surface area (Å²) in [6, 6.07) is 6.41. The van der Waals surface area contributed by atoms with E-state index in [0.29, 0.717) is 18.8 Å². The molecule has 1 aliphatic heterocycles. The highest BCUT2D eigenvalue weighted by molar-refractivity contribution is 7.84. The highest BCUT2D eigenvalue weighted by Gasteiger charge is 2.23. The predicted octanol–water partition coefficient (Wildman–Crippen LogP) is 1.86. The second-order valence-electron chi connectivity index (χ2n) is 5.90. The van der Waals surface area contributed by atoms with Crippen LogP contribution in [0.3, 0.4) is 0 Å². The van der Waals surface area contributed by atoms with Crippen molar-refractivity contribution >= 4 is 22.5 Å². The Morgan fingerprint density at radius 1 is 1.48 bits per heavy atom. The van der Waals surface area contributed by atoms with Crippen LogP contribution in [0.15, 0.2) is 24.3 Å². The zero-order valence-corrected chi connectivity index (χ0v) is 14.4. The second kappa shape index (κ2) is 8.29. The van der Waals surface area contributed by atoms with Crippen LogP contribution in [-0.4, -0.2) is 47.4 Å². The number of piperidine rings is 1. The lowest BCUT2D eigenvalue weighted by atomic mass is 10.0. The third-order valence-electron chi connectivity index (χ3n) is 4.07. The van der Waals surface area contributed by atoms with E-state index in [1.807, 2.05) is 17.9 Å². The molecule has 1 aromatic rings. The molecule has 23 heavy (non-hydrogen) atoms. The van der Waals surface area contributed by atoms with E-state index in [-0.39, 0.29) is 23.1 Å². The molecule has 1 aromatic carbocycles. The van der Waals surface area contributed by atoms with Crippen molar-refractivity contribution in [2.24, 2.45) is 0 Å². The largest absolute Gasteiger partial charge is 0.367 e. The van der Waals surface area contributed by atoms with Gasteiger partial charge in [-0.2, -0.15) is 0 Å². The molecule has 128 valence electrons. The number of anilines is 1. The van der Waals surface area contributed by atoms with Gasteiger partial charge in [-0.25, -0.2) is 9.18 Å². The van der Waals surface area contributed by atoms with Gasteiger partial charge in [0.25, 0.3) is 0 Å². The van der Waals surface area contributed by atoms with Crippen molar-refractivity contribution in [3.05, 3.63) is 30.1 Å². The molecule has 2 N–H and O–H groups in total. The van der Waals surface area contributed by atoms with Crippen molar-refractivity contribution in [1.29, 1.82) is 0 Å². The number of nitrogens with zero attached hydrogens (tertiary/aromatic N) is 1. The highest BCUT2D eigenvalue weighted by Crippen LogP contribution is 2.22. The summed E-state index contributed by atoms with van der Waals surface area (Å²) in [4.78, 5) is 13.9. The molecule has 0 radical (unpaired) electrons. The molecule has 0 spiro atoms. The fourth-order valence-corrected chi connectivity index (χ4v) is 2.93. The smallest absolute Gasteiger partial charge is 0.315 e. The Kier molecular flexibility index (Phi) is 6.38. The highest BCUT2D eigenvalue weighted by atomic mass is 32.2. The maximum Gasteiger partial charge on any atom is 0.315 e. The van der Waals surface area contributed by atoms with Gasteiger partial charge in [0.1, 0.15) is 5.82 Å². The maximum absolute atomic E-state index is 13.9. The zero-order chi connectivity index (χ0) is 16.8. The molecule has 3 atom stereocenters. The summed E-state index contributed by atoms with van der Waals surface area (Å²) in [5.74, 6) is -0.239. The van der Waals surface area contributed by atoms with Crippen LogP contribution in [0.4, 0.5) is 14.9 Å². The summed E-state index contributed by atoms with van der Waals surface area (Å²) in [6.45, 7) is 3.58. The van der Waals surface area contributed by atoms with Gasteiger partial charge in [0.05, 0.1) is 5.69 Å². The molecule has 1 heterocycles. The van der Waals surface area contributed by atoms with Crippen LogP contribution in [0, 0.1) is 5.82 Å². The molecule has 1 saturated heterocycles. The number of carbonyl (C=O) groups excluding carboxylic acids is 1. The molecule has 7 heteroatoms. The first-order valence-corrected chi connectivity index (χ1v) is 9.45. The standard InChI is InChI=1S/C16H24FN3O2S/c1-12(23(2)22)10-18-16(21)19-13-6-5-9-20(11-13)15-8-4-3-7-14(15)17/h3-4,7-8,12-13H,5-6,9-11H2,1-2H3,(H2,18,19,21)/t12-,13-,23+/m1/s1. The van der Waals surface area contributed by atoms with Crippen molar-refractivity contribution in [3.63, 3.8) is 0 Å². The minimum atomic E-state index is -0.959. The normalized spacial score (nSPS) is 20.7. The minimum Gasteiger partial charge on any atom is -0.367 e. The van der Waals surface area contributed by atoms with Gasteiger partial charge in [0, 0.05) is 48.0 Å². The lowest BCUT2D eigenvalue weighted by Crippen LogP contribution is -2.51. The van der Waals surface area contributed by atoms with Crippen LogP contribution in [0.5, 0.6) is 0 Å². The summed E-state index contributed by atoms with van der Waals surface area (Å²) >= 11 is 0. The Balaban J connectivity index is 1.85. The van der Waals surface area contributed by atoms with Crippen LogP contribution in [0.25, 0.3) is 0 Å². The second-order valence-corrected chi connectivity index (χ2v) is 7.70. The molecule has 5 nitrogen and oxygen atoms in total. The van der Waals surface area contributed by atoms with Crippen molar-refractivity contribution < 1.29 is 13.4 Å². The van der Waals surface area contributed by atoms with E-state index in [9.17, 15) is 13.4 Å². The van der Waals surface area contributed by atoms with Gasteiger partial charge in [-0.05, 0) is 31.9 Å². The average molecular weight is 341 g/mol. The van der Waals surface area contributed by atoms with Gasteiger partial charge >= 0.3 is 6.03 Å². The summed E-state index contributed by atoms with van der Waals surface area (Å²) < 4.78 is 25.2. The summed E-state index contributed by atoms with van der Waals surface area (Å²) in [7, 11) is -0.959. The quantitative estimate of drug-likeness (QED) is 0.859. The van der Waals surface area contributed by atoms with Crippen LogP contribution in [-0.2, 0) is 10.8 Å². The van der Waals surface area contributed by atoms with Crippen molar-refractivity contribution in [1.82, 2.24) is 10.6 Å². The molecule has 1 aliphatic rings. The number of halogens is 1. The third kappa shape index (κ3) is 5.20. The lowest BCUT2D eigenvalue weighted by molar-refractivity contribution is 0.235. The number of amides is 2. The summed E-state index contributed by atoms with van der Waals surface area (Å²) in [5, 5.41) is 5.58. The molecule has 0 aliphatic carbocycles. The first kappa shape index (κ1) is 17.7. The number of urea groups is 1. The SMILES string of the molecule is C[C@H](CNC(=O)N[C@@H]1CCCN(c2ccccc2F)C1)[S@](C)=O. The molecule has 2 amide bonds. The molecule has 2 rings (SSSR count). The first-order chi connectivity index (χ1) is 11.0. The van der Waals surface area contributed by atoms with E-state index in [0.717, 1.165) is 19.4 Å². The Morgan fingerprint density at radius 2 is 2.22 bits per heavy atom. The van der Waals surface area contributed by atoms with E-state index in [1.165, 1.54) is 6.07 Å². The van der Waals surface area contributed by atoms with Crippen LogP contribution in [0.2, 0.25) is 0 Å². The van der Waals surface area contributed by atoms with Gasteiger partial charge in [-0.1, -0.05) is 12.1 Å². The average Bonchev–Trinajstić information content (AvgIpc) is 2.53.